The Labute approximate surface area is 205 Å². The van der Waals surface area contributed by atoms with E-state index in [1.807, 2.05) is 91.8 Å². The van der Waals surface area contributed by atoms with Gasteiger partial charge in [0.1, 0.15) is 5.78 Å². The van der Waals surface area contributed by atoms with Crippen LogP contribution in [0, 0.1) is 16.7 Å². The van der Waals surface area contributed by atoms with Gasteiger partial charge >= 0.3 is 27.0 Å². The number of rotatable bonds is 7. The molecule has 0 spiro atoms. The van der Waals surface area contributed by atoms with Crippen molar-refractivity contribution in [1.29, 1.82) is 0 Å². The molecular weight excluding hydrogens is 535 g/mol. The van der Waals surface area contributed by atoms with E-state index in [1.54, 1.807) is 0 Å². The molecule has 2 aromatic carbocycles. The summed E-state index contributed by atoms with van der Waals surface area (Å²) >= 11 is 2.02. The summed E-state index contributed by atoms with van der Waals surface area (Å²) < 4.78 is 30.9. The topological polar surface area (TPSA) is 89.1 Å². The number of carbonyl (C=O) groups excluding carboxylic acids is 1. The first-order chi connectivity index (χ1) is 15.2. The molecule has 4 atom stereocenters. The van der Waals surface area contributed by atoms with Crippen LogP contribution in [0.4, 0.5) is 0 Å². The van der Waals surface area contributed by atoms with Gasteiger partial charge in [-0.1, -0.05) is 85.6 Å². The molecule has 0 radical (unpaired) electrons. The van der Waals surface area contributed by atoms with Gasteiger partial charge in [-0.25, -0.2) is 8.42 Å². The van der Waals surface area contributed by atoms with Gasteiger partial charge in [0.2, 0.25) is 0 Å². The van der Waals surface area contributed by atoms with Crippen molar-refractivity contribution >= 4 is 25.5 Å². The van der Waals surface area contributed by atoms with Crippen LogP contribution in [-0.4, -0.2) is 20.0 Å². The van der Waals surface area contributed by atoms with Crippen LogP contribution in [0.25, 0.3) is 10.5 Å². The number of Topliss-reactive ketones (excluding diaryl/α,β-unsaturated/α-hetero) is 1. The Bertz CT molecular complexity index is 1030. The van der Waals surface area contributed by atoms with Gasteiger partial charge in [-0.2, -0.15) is 0 Å². The molecule has 174 valence electrons. The fourth-order valence-corrected chi connectivity index (χ4v) is 7.44. The number of halogens is 1. The summed E-state index contributed by atoms with van der Waals surface area (Å²) in [7, 11) is 0.604. The minimum atomic E-state index is -3.93. The second-order valence-electron chi connectivity index (χ2n) is 9.29. The number of carbonyl (C=O) groups is 1. The predicted molar refractivity (Wildman–Crippen MR) is 124 cm³/mol. The molecule has 0 aliphatic heterocycles. The Kier molecular flexibility index (Phi) is 7.99. The number of nitrogens with one attached hydrogen (secondary N) is 1. The van der Waals surface area contributed by atoms with Crippen LogP contribution in [0.15, 0.2) is 60.7 Å². The van der Waals surface area contributed by atoms with E-state index in [-0.39, 0.29) is 22.9 Å². The first-order valence-corrected chi connectivity index (χ1v) is 14.3. The average molecular weight is 563 g/mol. The fourth-order valence-electron chi connectivity index (χ4n) is 5.41. The van der Waals surface area contributed by atoms with E-state index in [9.17, 15) is 13.2 Å². The van der Waals surface area contributed by atoms with Gasteiger partial charge in [0, 0.05) is 17.6 Å². The van der Waals surface area contributed by atoms with E-state index >= 15 is 0 Å². The predicted octanol–water partition coefficient (Wildman–Crippen LogP) is 6.31. The van der Waals surface area contributed by atoms with Gasteiger partial charge in [-0.3, -0.25) is 4.79 Å². The molecule has 0 aromatic heterocycles. The van der Waals surface area contributed by atoms with Crippen molar-refractivity contribution in [2.24, 2.45) is 16.7 Å². The van der Waals surface area contributed by atoms with Crippen LogP contribution >= 0.6 is 9.69 Å². The number of hydrogen-bond donors (Lipinski definition) is 0. The van der Waals surface area contributed by atoms with Crippen LogP contribution in [0.2, 0.25) is 0 Å². The van der Waals surface area contributed by atoms with Crippen molar-refractivity contribution < 1.29 is 30.5 Å². The van der Waals surface area contributed by atoms with Crippen LogP contribution in [0.1, 0.15) is 56.3 Å². The maximum absolute atomic E-state index is 13.3. The van der Waals surface area contributed by atoms with Gasteiger partial charge in [0.25, 0.3) is 0 Å². The van der Waals surface area contributed by atoms with Gasteiger partial charge in [-0.15, -0.1) is 12.1 Å². The maximum atomic E-state index is 13.3. The third-order valence-electron chi connectivity index (χ3n) is 7.25. The molecule has 0 saturated heterocycles. The molecule has 0 bridgehead atoms. The molecule has 2 fully saturated rings. The first kappa shape index (κ1) is 25.5. The Morgan fingerprint density at radius 3 is 2.09 bits per heavy atom. The van der Waals surface area contributed by atoms with Crippen molar-refractivity contribution in [3.05, 3.63) is 82.2 Å². The second-order valence-corrected chi connectivity index (χ2v) is 11.0. The summed E-state index contributed by atoms with van der Waals surface area (Å²) in [5.74, 6) is -0.0713. The zero-order valence-electron chi connectivity index (χ0n) is 18.1. The zero-order valence-corrected chi connectivity index (χ0v) is 21.3. The number of sulfonamides is 1. The average Bonchev–Trinajstić information content (AvgIpc) is 2.99. The third-order valence-corrected chi connectivity index (χ3v) is 8.62. The molecule has 5 nitrogen and oxygen atoms in total. The van der Waals surface area contributed by atoms with Crippen LogP contribution in [0.5, 0.6) is 0 Å². The molecule has 0 heterocycles. The summed E-state index contributed by atoms with van der Waals surface area (Å²) in [5.41, 5.74) is 8.98. The number of fused-ring (bicyclic) bond motifs is 1. The number of nitrogens with zero attached hydrogens (tertiary/aromatic N) is 1. The summed E-state index contributed by atoms with van der Waals surface area (Å²) in [6, 6.07) is 16.6. The van der Waals surface area contributed by atoms with Crippen LogP contribution in [-0.2, 0) is 32.1 Å². The molecule has 32 heavy (non-hydrogen) atoms. The van der Waals surface area contributed by atoms with E-state index in [0.29, 0.717) is 17.5 Å². The quantitative estimate of drug-likeness (QED) is 0.371. The number of hydrogen-bond acceptors (Lipinski definition) is 3. The molecule has 0 amide bonds. The van der Waals surface area contributed by atoms with Gasteiger partial charge < -0.3 is 10.5 Å². The van der Waals surface area contributed by atoms with Gasteiger partial charge in [0.05, 0.1) is 10.0 Å². The van der Waals surface area contributed by atoms with Crippen LogP contribution in [0.3, 0.4) is 0 Å². The van der Waals surface area contributed by atoms with Gasteiger partial charge in [0.15, 0.2) is 0 Å². The second kappa shape index (κ2) is 10.0. The summed E-state index contributed by atoms with van der Waals surface area (Å²) in [5, 5.41) is 0. The van der Waals surface area contributed by atoms with E-state index in [0.717, 1.165) is 12.8 Å². The summed E-state index contributed by atoms with van der Waals surface area (Å²) in [6.45, 7) is 4.01. The molecule has 1 N–H and O–H groups in total. The molecule has 2 saturated carbocycles. The van der Waals surface area contributed by atoms with E-state index in [2.05, 4.69) is 14.4 Å². The third kappa shape index (κ3) is 4.74. The molecule has 8 heteroatoms. The monoisotopic (exact) mass is 562 g/mol. The standard InChI is InChI=1S/C24H28N2O3S.ClH.Rh/c1-23(2)14-13-19-15-20(27)24(19,23)16-30(28,29)26-22(18-11-7-4-8-12-18)21(25)17-9-5-3-6-10-17;;/h3-12,19,21-22,25H,13-16H2,1-2H3;1H;/q-2;;+3/p-1/t19?,21-,22-,24?;;/m1../s1. The Morgan fingerprint density at radius 1 is 1.06 bits per heavy atom. The summed E-state index contributed by atoms with van der Waals surface area (Å²) in [4.78, 5) is 12.7. The molecule has 2 aliphatic carbocycles. The first-order valence-electron chi connectivity index (χ1n) is 10.6. The van der Waals surface area contributed by atoms with Crippen molar-refractivity contribution in [2.45, 2.75) is 45.2 Å². The van der Waals surface area contributed by atoms with Crippen molar-refractivity contribution in [3.63, 3.8) is 0 Å². The Hall–Kier alpha value is -1.11. The van der Waals surface area contributed by atoms with Crippen LogP contribution < -0.4 is 0 Å². The molecule has 4 rings (SSSR count). The van der Waals surface area contributed by atoms with E-state index in [4.69, 9.17) is 5.73 Å². The fraction of sp³-hybridized carbons (Fsp3) is 0.458. The van der Waals surface area contributed by atoms with Crippen molar-refractivity contribution in [1.82, 2.24) is 0 Å². The van der Waals surface area contributed by atoms with E-state index < -0.39 is 27.5 Å². The number of ketones is 1. The molecule has 2 aromatic rings. The minimum absolute atomic E-state index is 0.0514. The Balaban J connectivity index is 0.00000141. The van der Waals surface area contributed by atoms with Crippen molar-refractivity contribution in [3.8, 4) is 0 Å². The van der Waals surface area contributed by atoms with Crippen molar-refractivity contribution in [2.75, 3.05) is 5.75 Å². The Morgan fingerprint density at radius 2 is 1.59 bits per heavy atom. The molecular formula is C24H28ClN2O3RhS. The zero-order chi connectivity index (χ0) is 23.6. The molecule has 2 unspecified atom stereocenters. The number of benzene rings is 2. The molecule has 2 aliphatic rings. The van der Waals surface area contributed by atoms with E-state index in [1.165, 1.54) is 0 Å². The SMILES string of the molecule is CC1(C)CCC2CC(=O)C21CS(=O)(=O)[N-][C@H](c1ccccc1)[C@H]([NH-])c1ccccc1.[Cl][Rh+2]. The summed E-state index contributed by atoms with van der Waals surface area (Å²) in [6.07, 6.45) is 2.22. The normalized spacial score (nSPS) is 25.7. The van der Waals surface area contributed by atoms with Gasteiger partial charge in [-0.05, 0) is 24.2 Å².